The van der Waals surface area contributed by atoms with Crippen molar-refractivity contribution in [2.24, 2.45) is 0 Å². The molecule has 136 valence electrons. The molecular formula is C19H25N7. The van der Waals surface area contributed by atoms with Crippen molar-refractivity contribution in [3.8, 4) is 0 Å². The van der Waals surface area contributed by atoms with Crippen LogP contribution in [0.2, 0.25) is 0 Å². The van der Waals surface area contributed by atoms with Gasteiger partial charge in [0.1, 0.15) is 17.5 Å². The summed E-state index contributed by atoms with van der Waals surface area (Å²) in [4.78, 5) is 18.3. The lowest BCUT2D eigenvalue weighted by Gasteiger charge is -2.36. The SMILES string of the molecule is Cc1nc2ccc(N3CCN(c4ccnc(C(C)C)n4)CC3)nn2c1C. The number of aryl methyl sites for hydroxylation is 2. The normalized spacial score (nSPS) is 15.3. The lowest BCUT2D eigenvalue weighted by molar-refractivity contribution is 0.631. The second-order valence-electron chi connectivity index (χ2n) is 7.15. The summed E-state index contributed by atoms with van der Waals surface area (Å²) in [6.45, 7) is 12.0. The monoisotopic (exact) mass is 351 g/mol. The maximum Gasteiger partial charge on any atom is 0.154 e. The third-order valence-electron chi connectivity index (χ3n) is 5.03. The minimum Gasteiger partial charge on any atom is -0.353 e. The van der Waals surface area contributed by atoms with Crippen LogP contribution in [0.1, 0.15) is 37.0 Å². The van der Waals surface area contributed by atoms with Gasteiger partial charge in [0.05, 0.1) is 11.4 Å². The molecule has 1 aliphatic rings. The number of hydrogen-bond acceptors (Lipinski definition) is 6. The largest absolute Gasteiger partial charge is 0.353 e. The Hall–Kier alpha value is -2.70. The molecule has 3 aromatic heterocycles. The minimum atomic E-state index is 0.342. The van der Waals surface area contributed by atoms with Gasteiger partial charge in [0.25, 0.3) is 0 Å². The molecule has 0 amide bonds. The number of anilines is 2. The van der Waals surface area contributed by atoms with Gasteiger partial charge in [-0.25, -0.2) is 19.5 Å². The summed E-state index contributed by atoms with van der Waals surface area (Å²) in [6, 6.07) is 6.12. The molecule has 1 aliphatic heterocycles. The summed E-state index contributed by atoms with van der Waals surface area (Å²) in [7, 11) is 0. The summed E-state index contributed by atoms with van der Waals surface area (Å²) in [5.41, 5.74) is 3.04. The minimum absolute atomic E-state index is 0.342. The molecule has 0 aromatic carbocycles. The van der Waals surface area contributed by atoms with Crippen LogP contribution in [-0.2, 0) is 0 Å². The number of nitrogens with zero attached hydrogens (tertiary/aromatic N) is 7. The van der Waals surface area contributed by atoms with Crippen LogP contribution in [0.3, 0.4) is 0 Å². The maximum atomic E-state index is 4.79. The Morgan fingerprint density at radius 1 is 0.885 bits per heavy atom. The molecule has 7 heteroatoms. The van der Waals surface area contributed by atoms with E-state index in [0.29, 0.717) is 5.92 Å². The second-order valence-corrected chi connectivity index (χ2v) is 7.15. The fourth-order valence-corrected chi connectivity index (χ4v) is 3.30. The molecule has 0 aliphatic carbocycles. The molecule has 0 atom stereocenters. The summed E-state index contributed by atoms with van der Waals surface area (Å²) in [5.74, 6) is 3.27. The van der Waals surface area contributed by atoms with Crippen molar-refractivity contribution < 1.29 is 0 Å². The third-order valence-corrected chi connectivity index (χ3v) is 5.03. The molecule has 1 fully saturated rings. The zero-order valence-electron chi connectivity index (χ0n) is 15.8. The number of hydrogen-bond donors (Lipinski definition) is 0. The number of piperazine rings is 1. The lowest BCUT2D eigenvalue weighted by atomic mass is 10.2. The summed E-state index contributed by atoms with van der Waals surface area (Å²) >= 11 is 0. The van der Waals surface area contributed by atoms with Gasteiger partial charge in [-0.1, -0.05) is 13.8 Å². The topological polar surface area (TPSA) is 62.5 Å². The standard InChI is InChI=1S/C19H25N7/c1-13(2)19-20-8-7-16(22-19)24-9-11-25(12-10-24)18-6-5-17-21-14(3)15(4)26(17)23-18/h5-8,13H,9-12H2,1-4H3. The smallest absolute Gasteiger partial charge is 0.154 e. The Balaban J connectivity index is 1.50. The number of fused-ring (bicyclic) bond motifs is 1. The Morgan fingerprint density at radius 2 is 1.58 bits per heavy atom. The van der Waals surface area contributed by atoms with E-state index in [9.17, 15) is 0 Å². The molecule has 0 spiro atoms. The quantitative estimate of drug-likeness (QED) is 0.723. The molecule has 26 heavy (non-hydrogen) atoms. The van der Waals surface area contributed by atoms with Gasteiger partial charge in [0, 0.05) is 38.3 Å². The predicted molar refractivity (Wildman–Crippen MR) is 103 cm³/mol. The van der Waals surface area contributed by atoms with Crippen LogP contribution in [0.15, 0.2) is 24.4 Å². The van der Waals surface area contributed by atoms with E-state index >= 15 is 0 Å². The Labute approximate surface area is 153 Å². The Kier molecular flexibility index (Phi) is 4.22. The van der Waals surface area contributed by atoms with Crippen molar-refractivity contribution in [3.05, 3.63) is 41.6 Å². The van der Waals surface area contributed by atoms with Crippen molar-refractivity contribution in [2.45, 2.75) is 33.6 Å². The molecule has 4 rings (SSSR count). The first-order chi connectivity index (χ1) is 12.5. The molecule has 0 N–H and O–H groups in total. The predicted octanol–water partition coefficient (Wildman–Crippen LogP) is 2.59. The van der Waals surface area contributed by atoms with Crippen molar-refractivity contribution in [1.29, 1.82) is 0 Å². The lowest BCUT2D eigenvalue weighted by Crippen LogP contribution is -2.47. The molecule has 4 heterocycles. The summed E-state index contributed by atoms with van der Waals surface area (Å²) < 4.78 is 1.94. The molecule has 0 unspecified atom stereocenters. The van der Waals surface area contributed by atoms with E-state index < -0.39 is 0 Å². The second kappa shape index (κ2) is 6.55. The molecule has 1 saturated heterocycles. The van der Waals surface area contributed by atoms with Gasteiger partial charge < -0.3 is 9.80 Å². The van der Waals surface area contributed by atoms with E-state index in [1.54, 1.807) is 0 Å². The van der Waals surface area contributed by atoms with Crippen LogP contribution in [0.4, 0.5) is 11.6 Å². The van der Waals surface area contributed by atoms with Gasteiger partial charge in [0.2, 0.25) is 0 Å². The average Bonchev–Trinajstić information content (AvgIpc) is 2.95. The first-order valence-electron chi connectivity index (χ1n) is 9.19. The van der Waals surface area contributed by atoms with Crippen LogP contribution in [0.25, 0.3) is 5.65 Å². The molecule has 0 saturated carbocycles. The molecule has 0 bridgehead atoms. The van der Waals surface area contributed by atoms with Crippen molar-refractivity contribution in [2.75, 3.05) is 36.0 Å². The summed E-state index contributed by atoms with van der Waals surface area (Å²) in [6.07, 6.45) is 1.86. The van der Waals surface area contributed by atoms with E-state index in [0.717, 1.165) is 60.7 Å². The van der Waals surface area contributed by atoms with Crippen molar-refractivity contribution in [3.63, 3.8) is 0 Å². The van der Waals surface area contributed by atoms with Gasteiger partial charge in [-0.05, 0) is 32.0 Å². The molecule has 3 aromatic rings. The third kappa shape index (κ3) is 2.98. The number of aromatic nitrogens is 5. The van der Waals surface area contributed by atoms with E-state index in [1.165, 1.54) is 0 Å². The zero-order chi connectivity index (χ0) is 18.3. The highest BCUT2D eigenvalue weighted by molar-refractivity contribution is 5.50. The molecule has 7 nitrogen and oxygen atoms in total. The van der Waals surface area contributed by atoms with Gasteiger partial charge in [-0.2, -0.15) is 0 Å². The highest BCUT2D eigenvalue weighted by Gasteiger charge is 2.20. The fourth-order valence-electron chi connectivity index (χ4n) is 3.30. The highest BCUT2D eigenvalue weighted by Crippen LogP contribution is 2.20. The highest BCUT2D eigenvalue weighted by atomic mass is 15.4. The van der Waals surface area contributed by atoms with Crippen LogP contribution in [-0.4, -0.2) is 50.7 Å². The van der Waals surface area contributed by atoms with Gasteiger partial charge >= 0.3 is 0 Å². The Morgan fingerprint density at radius 3 is 2.27 bits per heavy atom. The van der Waals surface area contributed by atoms with Gasteiger partial charge in [0.15, 0.2) is 5.65 Å². The van der Waals surface area contributed by atoms with Crippen molar-refractivity contribution >= 4 is 17.3 Å². The van der Waals surface area contributed by atoms with Crippen LogP contribution in [0.5, 0.6) is 0 Å². The van der Waals surface area contributed by atoms with Crippen molar-refractivity contribution in [1.82, 2.24) is 24.6 Å². The molecule has 0 radical (unpaired) electrons. The first kappa shape index (κ1) is 16.8. The average molecular weight is 351 g/mol. The Bertz CT molecular complexity index is 923. The van der Waals surface area contributed by atoms with Crippen LogP contribution < -0.4 is 9.80 Å². The summed E-state index contributed by atoms with van der Waals surface area (Å²) in [5, 5.41) is 4.79. The number of rotatable bonds is 3. The van der Waals surface area contributed by atoms with E-state index in [1.807, 2.05) is 29.8 Å². The van der Waals surface area contributed by atoms with Crippen LogP contribution in [0, 0.1) is 13.8 Å². The maximum absolute atomic E-state index is 4.79. The van der Waals surface area contributed by atoms with Gasteiger partial charge in [-0.3, -0.25) is 0 Å². The van der Waals surface area contributed by atoms with E-state index in [-0.39, 0.29) is 0 Å². The van der Waals surface area contributed by atoms with E-state index in [4.69, 9.17) is 10.1 Å². The van der Waals surface area contributed by atoms with Crippen LogP contribution >= 0.6 is 0 Å². The first-order valence-corrected chi connectivity index (χ1v) is 9.19. The number of imidazole rings is 1. The van der Waals surface area contributed by atoms with Gasteiger partial charge in [-0.15, -0.1) is 5.10 Å². The zero-order valence-corrected chi connectivity index (χ0v) is 15.8. The van der Waals surface area contributed by atoms with E-state index in [2.05, 4.69) is 46.6 Å². The molecular weight excluding hydrogens is 326 g/mol. The fraction of sp³-hybridized carbons (Fsp3) is 0.474.